The summed E-state index contributed by atoms with van der Waals surface area (Å²) in [5, 5.41) is 3.56. The monoisotopic (exact) mass is 591 g/mol. The first-order valence-corrected chi connectivity index (χ1v) is 15.5. The van der Waals surface area contributed by atoms with Gasteiger partial charge < -0.3 is 4.90 Å². The lowest BCUT2D eigenvalue weighted by molar-refractivity contribution is 0.807. The minimum atomic E-state index is -0.0689. The van der Waals surface area contributed by atoms with E-state index in [9.17, 15) is 4.79 Å². The summed E-state index contributed by atoms with van der Waals surface area (Å²) in [5.41, 5.74) is 8.60. The van der Waals surface area contributed by atoms with Crippen molar-refractivity contribution in [3.05, 3.63) is 149 Å². The van der Waals surface area contributed by atoms with Crippen LogP contribution < -0.4 is 10.5 Å². The first kappa shape index (κ1) is 25.2. The van der Waals surface area contributed by atoms with E-state index >= 15 is 0 Å². The number of pyridine rings is 1. The van der Waals surface area contributed by atoms with Crippen molar-refractivity contribution in [1.82, 2.24) is 19.4 Å². The molecule has 0 saturated carbocycles. The van der Waals surface area contributed by atoms with Crippen LogP contribution in [0.5, 0.6) is 0 Å². The molecule has 6 heteroatoms. The molecule has 216 valence electrons. The molecule has 5 aromatic carbocycles. The predicted octanol–water partition coefficient (Wildman–Crippen LogP) is 8.58. The molecule has 6 nitrogen and oxygen atoms in total. The van der Waals surface area contributed by atoms with Gasteiger partial charge in [0.05, 0.1) is 34.0 Å². The Labute approximate surface area is 263 Å². The quantitative estimate of drug-likeness (QED) is 0.193. The Kier molecular flexibility index (Phi) is 5.17. The van der Waals surface area contributed by atoms with E-state index in [1.54, 1.807) is 0 Å². The van der Waals surface area contributed by atoms with E-state index in [1.165, 1.54) is 5.57 Å². The second-order valence-corrected chi connectivity index (χ2v) is 11.9. The summed E-state index contributed by atoms with van der Waals surface area (Å²) in [6.45, 7) is 0. The van der Waals surface area contributed by atoms with Crippen LogP contribution in [-0.2, 0) is 0 Å². The molecule has 0 fully saturated rings. The third-order valence-corrected chi connectivity index (χ3v) is 9.42. The molecule has 1 aliphatic carbocycles. The number of rotatable bonds is 3. The number of imidazole rings is 1. The second-order valence-electron chi connectivity index (χ2n) is 11.9. The lowest BCUT2D eigenvalue weighted by Gasteiger charge is -2.28. The Morgan fingerprint density at radius 1 is 0.674 bits per heavy atom. The van der Waals surface area contributed by atoms with E-state index in [1.807, 2.05) is 83.3 Å². The molecule has 8 aromatic rings. The maximum absolute atomic E-state index is 14.3. The number of nitrogens with zero attached hydrogens (tertiary/aromatic N) is 5. The molecule has 0 saturated heterocycles. The van der Waals surface area contributed by atoms with Crippen molar-refractivity contribution in [2.24, 2.45) is 0 Å². The van der Waals surface area contributed by atoms with Crippen LogP contribution in [0.4, 0.5) is 11.6 Å². The fraction of sp³-hybridized carbons (Fsp3) is 0.0500. The average Bonchev–Trinajstić information content (AvgIpc) is 3.67. The van der Waals surface area contributed by atoms with Crippen LogP contribution in [0.3, 0.4) is 0 Å². The number of hydrogen-bond acceptors (Lipinski definition) is 5. The Balaban J connectivity index is 1.36. The molecule has 1 atom stereocenters. The molecule has 0 radical (unpaired) electrons. The highest BCUT2D eigenvalue weighted by Gasteiger charge is 2.40. The Hall–Kier alpha value is -6.14. The number of allylic oxidation sites excluding steroid dienone is 2. The largest absolute Gasteiger partial charge is 0.301 e. The van der Waals surface area contributed by atoms with Gasteiger partial charge in [0.2, 0.25) is 5.95 Å². The first-order valence-electron chi connectivity index (χ1n) is 15.5. The standard InChI is InChI=1S/C40H25N5O/c46-39-28-19-8-7-18-27(28)34-36-30(23-32-37(34)45(39)38(41-32)25-15-5-2-6-16-25)26-17-10-12-22-33(26)44(36)40-42-31-21-11-9-20-29(31)35(43-40)24-13-3-1-4-14-24/h1-21,23,33H,22H2. The van der Waals surface area contributed by atoms with Gasteiger partial charge in [0, 0.05) is 32.8 Å². The van der Waals surface area contributed by atoms with Crippen LogP contribution in [0.2, 0.25) is 0 Å². The summed E-state index contributed by atoms with van der Waals surface area (Å²) >= 11 is 0. The minimum Gasteiger partial charge on any atom is -0.301 e. The predicted molar refractivity (Wildman–Crippen MR) is 186 cm³/mol. The molecular formula is C40H25N5O. The third-order valence-electron chi connectivity index (χ3n) is 9.42. The maximum Gasteiger partial charge on any atom is 0.264 e. The SMILES string of the molecule is O=c1c2ccccc2c2c3c(cc4nc(-c5ccccc5)n1c42)C1=CC=CCC1N3c1nc(-c2ccccc2)c2ccccc2n1. The zero-order valence-electron chi connectivity index (χ0n) is 24.6. The lowest BCUT2D eigenvalue weighted by atomic mass is 9.94. The van der Waals surface area contributed by atoms with Crippen LogP contribution in [0.25, 0.3) is 66.3 Å². The minimum absolute atomic E-state index is 0.000578. The van der Waals surface area contributed by atoms with Crippen molar-refractivity contribution in [2.45, 2.75) is 12.5 Å². The number of aromatic nitrogens is 4. The number of benzene rings is 5. The van der Waals surface area contributed by atoms with Gasteiger partial charge in [0.1, 0.15) is 5.82 Å². The summed E-state index contributed by atoms with van der Waals surface area (Å²) < 4.78 is 1.81. The fourth-order valence-corrected chi connectivity index (χ4v) is 7.46. The molecule has 0 bridgehead atoms. The van der Waals surface area contributed by atoms with Gasteiger partial charge in [-0.15, -0.1) is 0 Å². The van der Waals surface area contributed by atoms with Crippen LogP contribution >= 0.6 is 0 Å². The number of fused-ring (bicyclic) bond motifs is 7. The molecule has 46 heavy (non-hydrogen) atoms. The molecule has 0 amide bonds. The molecule has 3 aromatic heterocycles. The summed E-state index contributed by atoms with van der Waals surface area (Å²) in [4.78, 5) is 32.3. The molecule has 10 rings (SSSR count). The van der Waals surface area contributed by atoms with E-state index in [4.69, 9.17) is 15.0 Å². The molecular weight excluding hydrogens is 566 g/mol. The smallest absolute Gasteiger partial charge is 0.264 e. The summed E-state index contributed by atoms with van der Waals surface area (Å²) in [7, 11) is 0. The van der Waals surface area contributed by atoms with Gasteiger partial charge in [-0.1, -0.05) is 115 Å². The third kappa shape index (κ3) is 3.41. The van der Waals surface area contributed by atoms with Gasteiger partial charge in [-0.2, -0.15) is 0 Å². The first-order chi connectivity index (χ1) is 22.8. The Morgan fingerprint density at radius 2 is 1.37 bits per heavy atom. The number of hydrogen-bond donors (Lipinski definition) is 0. The van der Waals surface area contributed by atoms with Crippen molar-refractivity contribution in [1.29, 1.82) is 0 Å². The molecule has 2 aliphatic rings. The van der Waals surface area contributed by atoms with E-state index in [2.05, 4.69) is 59.5 Å². The van der Waals surface area contributed by atoms with E-state index in [0.717, 1.165) is 67.2 Å². The Bertz CT molecular complexity index is 2640. The van der Waals surface area contributed by atoms with Crippen molar-refractivity contribution >= 4 is 55.3 Å². The second kappa shape index (κ2) is 9.43. The molecule has 1 aliphatic heterocycles. The summed E-state index contributed by atoms with van der Waals surface area (Å²) in [6, 6.07) is 38.6. The molecule has 0 N–H and O–H groups in total. The summed E-state index contributed by atoms with van der Waals surface area (Å²) in [6.07, 6.45) is 7.36. The van der Waals surface area contributed by atoms with Crippen LogP contribution in [0.15, 0.2) is 138 Å². The topological polar surface area (TPSA) is 63.4 Å². The van der Waals surface area contributed by atoms with Gasteiger partial charge in [0.25, 0.3) is 5.56 Å². The maximum atomic E-state index is 14.3. The number of para-hydroxylation sites is 1. The van der Waals surface area contributed by atoms with E-state index in [-0.39, 0.29) is 11.6 Å². The van der Waals surface area contributed by atoms with Crippen LogP contribution in [0.1, 0.15) is 12.0 Å². The van der Waals surface area contributed by atoms with Crippen LogP contribution in [-0.4, -0.2) is 25.4 Å². The van der Waals surface area contributed by atoms with Gasteiger partial charge in [-0.25, -0.2) is 15.0 Å². The van der Waals surface area contributed by atoms with Gasteiger partial charge >= 0.3 is 0 Å². The van der Waals surface area contributed by atoms with Gasteiger partial charge in [0.15, 0.2) is 0 Å². The van der Waals surface area contributed by atoms with Crippen molar-refractivity contribution in [2.75, 3.05) is 4.90 Å². The lowest BCUT2D eigenvalue weighted by Crippen LogP contribution is -2.29. The van der Waals surface area contributed by atoms with Crippen molar-refractivity contribution in [3.63, 3.8) is 0 Å². The zero-order chi connectivity index (χ0) is 30.4. The highest BCUT2D eigenvalue weighted by atomic mass is 16.1. The van der Waals surface area contributed by atoms with Gasteiger partial charge in [-0.05, 0) is 35.6 Å². The van der Waals surface area contributed by atoms with Crippen molar-refractivity contribution in [3.8, 4) is 22.6 Å². The fourth-order valence-electron chi connectivity index (χ4n) is 7.46. The zero-order valence-corrected chi connectivity index (χ0v) is 24.6. The average molecular weight is 592 g/mol. The van der Waals surface area contributed by atoms with Crippen LogP contribution in [0, 0.1) is 0 Å². The van der Waals surface area contributed by atoms with E-state index < -0.39 is 0 Å². The molecule has 1 unspecified atom stereocenters. The number of anilines is 2. The highest BCUT2D eigenvalue weighted by Crippen LogP contribution is 2.52. The molecule has 4 heterocycles. The van der Waals surface area contributed by atoms with E-state index in [0.29, 0.717) is 17.2 Å². The highest BCUT2D eigenvalue weighted by molar-refractivity contribution is 6.22. The Morgan fingerprint density at radius 3 is 2.17 bits per heavy atom. The molecule has 0 spiro atoms. The van der Waals surface area contributed by atoms with Gasteiger partial charge in [-0.3, -0.25) is 9.20 Å². The van der Waals surface area contributed by atoms with Crippen molar-refractivity contribution < 1.29 is 0 Å². The normalized spacial score (nSPS) is 15.6. The summed E-state index contributed by atoms with van der Waals surface area (Å²) in [5.74, 6) is 1.29.